The predicted molar refractivity (Wildman–Crippen MR) is 112 cm³/mol. The van der Waals surface area contributed by atoms with Crippen molar-refractivity contribution in [3.63, 3.8) is 0 Å². The smallest absolute Gasteiger partial charge is 0.270 e. The third-order valence-electron chi connectivity index (χ3n) is 4.65. The van der Waals surface area contributed by atoms with Crippen molar-refractivity contribution in [2.45, 2.75) is 12.8 Å². The lowest BCUT2D eigenvalue weighted by Gasteiger charge is -2.03. The number of hydrogen-bond acceptors (Lipinski definition) is 4. The number of H-pyrrole nitrogens is 1. The van der Waals surface area contributed by atoms with E-state index in [1.807, 2.05) is 48.0 Å². The van der Waals surface area contributed by atoms with E-state index < -0.39 is 0 Å². The van der Waals surface area contributed by atoms with Gasteiger partial charge in [0.25, 0.3) is 5.91 Å². The van der Waals surface area contributed by atoms with Crippen LogP contribution in [0, 0.1) is 0 Å². The molecule has 2 aromatic carbocycles. The minimum atomic E-state index is -0.128. The molecule has 0 saturated carbocycles. The van der Waals surface area contributed by atoms with Gasteiger partial charge in [-0.3, -0.25) is 4.79 Å². The van der Waals surface area contributed by atoms with E-state index in [9.17, 15) is 4.79 Å². The molecule has 0 spiro atoms. The number of nitrogens with zero attached hydrogens (tertiary/aromatic N) is 1. The molecule has 0 aliphatic heterocycles. The van der Waals surface area contributed by atoms with Crippen LogP contribution < -0.4 is 10.1 Å². The lowest BCUT2D eigenvalue weighted by molar-refractivity contribution is 0.0949. The van der Waals surface area contributed by atoms with Crippen LogP contribution in [0.25, 0.3) is 10.9 Å². The van der Waals surface area contributed by atoms with Crippen LogP contribution in [-0.2, 0) is 12.8 Å². The number of thiazole rings is 1. The number of benzene rings is 2. The standard InChI is InChI=1S/C22H21N3O2S/c1-27-17-8-6-15(7-9-17)12-21-25-20(14-28-21)22(26)23-11-10-16-13-24-19-5-3-2-4-18(16)19/h2-9,13-14,24H,10-12H2,1H3,(H,23,26). The van der Waals surface area contributed by atoms with Gasteiger partial charge in [0, 0.05) is 35.4 Å². The maximum Gasteiger partial charge on any atom is 0.270 e. The van der Waals surface area contributed by atoms with Gasteiger partial charge in [-0.2, -0.15) is 0 Å². The second-order valence-corrected chi connectivity index (χ2v) is 7.46. The fourth-order valence-electron chi connectivity index (χ4n) is 3.15. The summed E-state index contributed by atoms with van der Waals surface area (Å²) in [6.45, 7) is 0.575. The van der Waals surface area contributed by atoms with Gasteiger partial charge in [-0.1, -0.05) is 30.3 Å². The van der Waals surface area contributed by atoms with Gasteiger partial charge in [-0.05, 0) is 35.7 Å². The average molecular weight is 391 g/mol. The second-order valence-electron chi connectivity index (χ2n) is 6.52. The van der Waals surface area contributed by atoms with Crippen LogP contribution in [0.3, 0.4) is 0 Å². The summed E-state index contributed by atoms with van der Waals surface area (Å²) in [6.07, 6.45) is 3.49. The molecule has 28 heavy (non-hydrogen) atoms. The number of aromatic nitrogens is 2. The van der Waals surface area contributed by atoms with Gasteiger partial charge in [-0.25, -0.2) is 4.98 Å². The Morgan fingerprint density at radius 3 is 2.82 bits per heavy atom. The molecule has 0 saturated heterocycles. The molecule has 0 aliphatic rings. The van der Waals surface area contributed by atoms with Crippen molar-refractivity contribution in [1.82, 2.24) is 15.3 Å². The highest BCUT2D eigenvalue weighted by atomic mass is 32.1. The number of para-hydroxylation sites is 1. The van der Waals surface area contributed by atoms with Crippen LogP contribution >= 0.6 is 11.3 Å². The average Bonchev–Trinajstić information content (AvgIpc) is 3.36. The number of fused-ring (bicyclic) bond motifs is 1. The Labute approximate surface area is 167 Å². The Bertz CT molecular complexity index is 1080. The molecule has 0 bridgehead atoms. The minimum absolute atomic E-state index is 0.128. The molecule has 1 amide bonds. The van der Waals surface area contributed by atoms with Crippen LogP contribution in [0.5, 0.6) is 5.75 Å². The van der Waals surface area contributed by atoms with Crippen LogP contribution in [0.1, 0.15) is 26.6 Å². The summed E-state index contributed by atoms with van der Waals surface area (Å²) < 4.78 is 5.17. The lowest BCUT2D eigenvalue weighted by atomic mass is 10.1. The summed E-state index contributed by atoms with van der Waals surface area (Å²) in [6, 6.07) is 16.1. The quantitative estimate of drug-likeness (QED) is 0.496. The third-order valence-corrected chi connectivity index (χ3v) is 5.50. The van der Waals surface area contributed by atoms with E-state index in [1.54, 1.807) is 7.11 Å². The maximum atomic E-state index is 12.4. The van der Waals surface area contributed by atoms with E-state index in [0.29, 0.717) is 18.7 Å². The molecule has 2 aromatic heterocycles. The van der Waals surface area contributed by atoms with Gasteiger partial charge >= 0.3 is 0 Å². The van der Waals surface area contributed by atoms with Gasteiger partial charge in [0.15, 0.2) is 0 Å². The number of nitrogens with one attached hydrogen (secondary N) is 2. The molecule has 2 heterocycles. The van der Waals surface area contributed by atoms with Crippen molar-refractivity contribution >= 4 is 28.1 Å². The molecule has 0 unspecified atom stereocenters. The van der Waals surface area contributed by atoms with Gasteiger partial charge in [0.05, 0.1) is 12.1 Å². The molecule has 142 valence electrons. The number of amides is 1. The summed E-state index contributed by atoms with van der Waals surface area (Å²) in [5, 5.41) is 6.91. The Morgan fingerprint density at radius 1 is 1.18 bits per heavy atom. The zero-order valence-corrected chi connectivity index (χ0v) is 16.4. The predicted octanol–water partition coefficient (Wildman–Crippen LogP) is 4.20. The molecule has 4 rings (SSSR count). The summed E-state index contributed by atoms with van der Waals surface area (Å²) in [5.74, 6) is 0.704. The summed E-state index contributed by atoms with van der Waals surface area (Å²) >= 11 is 1.51. The molecule has 5 nitrogen and oxygen atoms in total. The zero-order chi connectivity index (χ0) is 19.3. The molecule has 0 aliphatic carbocycles. The fourth-order valence-corrected chi connectivity index (χ4v) is 3.96. The Balaban J connectivity index is 1.32. The molecule has 2 N–H and O–H groups in total. The first kappa shape index (κ1) is 18.3. The number of carbonyl (C=O) groups excluding carboxylic acids is 1. The van der Waals surface area contributed by atoms with Crippen molar-refractivity contribution in [3.8, 4) is 5.75 Å². The van der Waals surface area contributed by atoms with Gasteiger partial charge in [0.2, 0.25) is 0 Å². The minimum Gasteiger partial charge on any atom is -0.497 e. The highest BCUT2D eigenvalue weighted by Crippen LogP contribution is 2.19. The van der Waals surface area contributed by atoms with Crippen molar-refractivity contribution < 1.29 is 9.53 Å². The lowest BCUT2D eigenvalue weighted by Crippen LogP contribution is -2.26. The van der Waals surface area contributed by atoms with E-state index in [-0.39, 0.29) is 5.91 Å². The highest BCUT2D eigenvalue weighted by Gasteiger charge is 2.11. The number of hydrogen-bond donors (Lipinski definition) is 2. The summed E-state index contributed by atoms with van der Waals surface area (Å²) in [7, 11) is 1.65. The van der Waals surface area contributed by atoms with Crippen LogP contribution in [-0.4, -0.2) is 29.5 Å². The third kappa shape index (κ3) is 4.07. The maximum absolute atomic E-state index is 12.4. The number of rotatable bonds is 7. The van der Waals surface area contributed by atoms with Gasteiger partial charge < -0.3 is 15.0 Å². The van der Waals surface area contributed by atoms with E-state index in [2.05, 4.69) is 27.4 Å². The molecule has 0 radical (unpaired) electrons. The molecular formula is C22H21N3O2S. The molecule has 0 atom stereocenters. The van der Waals surface area contributed by atoms with Crippen LogP contribution in [0.4, 0.5) is 0 Å². The van der Waals surface area contributed by atoms with Gasteiger partial charge in [-0.15, -0.1) is 11.3 Å². The largest absolute Gasteiger partial charge is 0.497 e. The van der Waals surface area contributed by atoms with Gasteiger partial charge in [0.1, 0.15) is 11.4 Å². The summed E-state index contributed by atoms with van der Waals surface area (Å²) in [4.78, 5) is 20.1. The van der Waals surface area contributed by atoms with Crippen molar-refractivity contribution in [3.05, 3.63) is 81.9 Å². The zero-order valence-electron chi connectivity index (χ0n) is 15.6. The van der Waals surface area contributed by atoms with E-state index in [0.717, 1.165) is 28.3 Å². The molecule has 4 aromatic rings. The topological polar surface area (TPSA) is 67.0 Å². The number of aromatic amines is 1. The molecule has 6 heteroatoms. The normalized spacial score (nSPS) is 10.9. The fraction of sp³-hybridized carbons (Fsp3) is 0.182. The first-order valence-electron chi connectivity index (χ1n) is 9.13. The number of carbonyl (C=O) groups is 1. The first-order valence-corrected chi connectivity index (χ1v) is 10.0. The number of ether oxygens (including phenoxy) is 1. The van der Waals surface area contributed by atoms with Crippen molar-refractivity contribution in [2.75, 3.05) is 13.7 Å². The second kappa shape index (κ2) is 8.27. The highest BCUT2D eigenvalue weighted by molar-refractivity contribution is 7.09. The number of methoxy groups -OCH3 is 1. The van der Waals surface area contributed by atoms with E-state index in [1.165, 1.54) is 22.3 Å². The summed E-state index contributed by atoms with van der Waals surface area (Å²) in [5.41, 5.74) is 3.94. The van der Waals surface area contributed by atoms with Crippen molar-refractivity contribution in [2.24, 2.45) is 0 Å². The monoisotopic (exact) mass is 391 g/mol. The molecule has 0 fully saturated rings. The van der Waals surface area contributed by atoms with Crippen LogP contribution in [0.15, 0.2) is 60.1 Å². The van der Waals surface area contributed by atoms with Crippen molar-refractivity contribution in [1.29, 1.82) is 0 Å². The SMILES string of the molecule is COc1ccc(Cc2nc(C(=O)NCCc3c[nH]c4ccccc34)cs2)cc1. The first-order chi connectivity index (χ1) is 13.7. The van der Waals surface area contributed by atoms with Crippen LogP contribution in [0.2, 0.25) is 0 Å². The van der Waals surface area contributed by atoms with E-state index in [4.69, 9.17) is 4.74 Å². The Hall–Kier alpha value is -3.12. The Morgan fingerprint density at radius 2 is 2.00 bits per heavy atom. The molecular weight excluding hydrogens is 370 g/mol. The van der Waals surface area contributed by atoms with E-state index >= 15 is 0 Å². The Kier molecular flexibility index (Phi) is 5.39.